The minimum atomic E-state index is -1.03. The van der Waals surface area contributed by atoms with E-state index in [1.165, 1.54) is 6.08 Å². The fourth-order valence-electron chi connectivity index (χ4n) is 1.49. The number of carbonyl (C=O) groups is 2. The second-order valence-corrected chi connectivity index (χ2v) is 5.28. The highest BCUT2D eigenvalue weighted by molar-refractivity contribution is 9.10. The predicted octanol–water partition coefficient (Wildman–Crippen LogP) is 2.69. The van der Waals surface area contributed by atoms with E-state index in [0.29, 0.717) is 0 Å². The van der Waals surface area contributed by atoms with E-state index in [2.05, 4.69) is 21.2 Å². The number of amides is 1. The van der Waals surface area contributed by atoms with E-state index in [1.807, 2.05) is 24.3 Å². The van der Waals surface area contributed by atoms with Crippen molar-refractivity contribution in [3.8, 4) is 0 Å². The fourth-order valence-corrected chi connectivity index (χ4v) is 1.91. The Morgan fingerprint density at radius 2 is 1.95 bits per heavy atom. The molecule has 0 saturated carbocycles. The number of carboxylic acid groups (broad SMARTS) is 1. The van der Waals surface area contributed by atoms with Crippen LogP contribution in [0.2, 0.25) is 0 Å². The van der Waals surface area contributed by atoms with Gasteiger partial charge >= 0.3 is 5.97 Å². The maximum Gasteiger partial charge on any atom is 0.326 e. The molecule has 0 aliphatic rings. The molecule has 0 aliphatic heterocycles. The van der Waals surface area contributed by atoms with Crippen molar-refractivity contribution in [1.82, 2.24) is 5.32 Å². The van der Waals surface area contributed by atoms with Crippen molar-refractivity contribution in [2.75, 3.05) is 0 Å². The van der Waals surface area contributed by atoms with Crippen LogP contribution in [0.5, 0.6) is 0 Å². The summed E-state index contributed by atoms with van der Waals surface area (Å²) in [4.78, 5) is 22.6. The van der Waals surface area contributed by atoms with Crippen LogP contribution in [-0.4, -0.2) is 23.0 Å². The molecule has 4 nitrogen and oxygen atoms in total. The van der Waals surface area contributed by atoms with E-state index < -0.39 is 17.9 Å². The van der Waals surface area contributed by atoms with E-state index in [-0.39, 0.29) is 5.92 Å². The van der Waals surface area contributed by atoms with Gasteiger partial charge in [0.05, 0.1) is 0 Å². The second kappa shape index (κ2) is 7.09. The topological polar surface area (TPSA) is 66.4 Å². The summed E-state index contributed by atoms with van der Waals surface area (Å²) in [5, 5.41) is 11.4. The SMILES string of the molecule is CC(C)C(NC(=O)/C=C/c1ccccc1Br)C(=O)O. The molecule has 19 heavy (non-hydrogen) atoms. The average molecular weight is 326 g/mol. The summed E-state index contributed by atoms with van der Waals surface area (Å²) >= 11 is 3.37. The maximum atomic E-state index is 11.7. The van der Waals surface area contributed by atoms with Gasteiger partial charge in [-0.3, -0.25) is 4.79 Å². The van der Waals surface area contributed by atoms with Gasteiger partial charge in [0, 0.05) is 10.5 Å². The lowest BCUT2D eigenvalue weighted by Crippen LogP contribution is -2.43. The van der Waals surface area contributed by atoms with Crippen LogP contribution in [0, 0.1) is 5.92 Å². The van der Waals surface area contributed by atoms with E-state index in [1.54, 1.807) is 19.9 Å². The molecule has 0 fully saturated rings. The van der Waals surface area contributed by atoms with Gasteiger partial charge in [-0.25, -0.2) is 4.79 Å². The molecule has 0 heterocycles. The Kier molecular flexibility index (Phi) is 5.76. The number of carbonyl (C=O) groups excluding carboxylic acids is 1. The highest BCUT2D eigenvalue weighted by Gasteiger charge is 2.22. The molecule has 1 atom stereocenters. The van der Waals surface area contributed by atoms with Crippen molar-refractivity contribution < 1.29 is 14.7 Å². The van der Waals surface area contributed by atoms with Crippen molar-refractivity contribution in [3.05, 3.63) is 40.4 Å². The smallest absolute Gasteiger partial charge is 0.326 e. The van der Waals surface area contributed by atoms with Gasteiger partial charge in [0.15, 0.2) is 0 Å². The summed E-state index contributed by atoms with van der Waals surface area (Å²) in [5.41, 5.74) is 0.856. The number of halogens is 1. The van der Waals surface area contributed by atoms with Crippen molar-refractivity contribution in [1.29, 1.82) is 0 Å². The van der Waals surface area contributed by atoms with Crippen LogP contribution in [0.25, 0.3) is 6.08 Å². The first-order valence-corrected chi connectivity index (χ1v) is 6.67. The highest BCUT2D eigenvalue weighted by Crippen LogP contribution is 2.17. The van der Waals surface area contributed by atoms with Gasteiger partial charge in [0.2, 0.25) is 5.91 Å². The molecule has 1 aromatic rings. The van der Waals surface area contributed by atoms with E-state index in [9.17, 15) is 9.59 Å². The van der Waals surface area contributed by atoms with Crippen molar-refractivity contribution >= 4 is 33.9 Å². The van der Waals surface area contributed by atoms with E-state index in [0.717, 1.165) is 10.0 Å². The summed E-state index contributed by atoms with van der Waals surface area (Å²) < 4.78 is 0.873. The lowest BCUT2D eigenvalue weighted by molar-refractivity contribution is -0.142. The standard InChI is InChI=1S/C14H16BrNO3/c1-9(2)13(14(18)19)16-12(17)8-7-10-5-3-4-6-11(10)15/h3-9,13H,1-2H3,(H,16,17)(H,18,19)/b8-7+. The predicted molar refractivity (Wildman–Crippen MR) is 77.6 cm³/mol. The quantitative estimate of drug-likeness (QED) is 0.818. The molecule has 0 aromatic heterocycles. The summed E-state index contributed by atoms with van der Waals surface area (Å²) in [6.07, 6.45) is 2.97. The van der Waals surface area contributed by atoms with E-state index >= 15 is 0 Å². The van der Waals surface area contributed by atoms with Gasteiger partial charge in [-0.2, -0.15) is 0 Å². The third-order valence-electron chi connectivity index (χ3n) is 2.55. The Bertz CT molecular complexity index is 497. The number of hydrogen-bond acceptors (Lipinski definition) is 2. The molecular weight excluding hydrogens is 310 g/mol. The number of benzene rings is 1. The average Bonchev–Trinajstić information content (AvgIpc) is 2.34. The summed E-state index contributed by atoms with van der Waals surface area (Å²) in [6, 6.07) is 6.57. The van der Waals surface area contributed by atoms with Gasteiger partial charge in [0.25, 0.3) is 0 Å². The Morgan fingerprint density at radius 3 is 2.47 bits per heavy atom. The summed E-state index contributed by atoms with van der Waals surface area (Å²) in [7, 11) is 0. The van der Waals surface area contributed by atoms with Crippen LogP contribution >= 0.6 is 15.9 Å². The van der Waals surface area contributed by atoms with Crippen molar-refractivity contribution in [3.63, 3.8) is 0 Å². The molecule has 1 unspecified atom stereocenters. The molecule has 0 bridgehead atoms. The van der Waals surface area contributed by atoms with Crippen LogP contribution in [0.15, 0.2) is 34.8 Å². The number of nitrogens with one attached hydrogen (secondary N) is 1. The monoisotopic (exact) mass is 325 g/mol. The molecule has 2 N–H and O–H groups in total. The second-order valence-electron chi connectivity index (χ2n) is 4.42. The van der Waals surface area contributed by atoms with Gasteiger partial charge in [-0.1, -0.05) is 48.0 Å². The van der Waals surface area contributed by atoms with Crippen molar-refractivity contribution in [2.45, 2.75) is 19.9 Å². The Labute approximate surface area is 120 Å². The van der Waals surface area contributed by atoms with Gasteiger partial charge in [-0.05, 0) is 23.6 Å². The van der Waals surface area contributed by atoms with E-state index in [4.69, 9.17) is 5.11 Å². The van der Waals surface area contributed by atoms with Crippen LogP contribution in [0.1, 0.15) is 19.4 Å². The Balaban J connectivity index is 2.70. The van der Waals surface area contributed by atoms with Gasteiger partial charge in [-0.15, -0.1) is 0 Å². The minimum Gasteiger partial charge on any atom is -0.480 e. The zero-order valence-electron chi connectivity index (χ0n) is 10.8. The first kappa shape index (κ1) is 15.4. The largest absolute Gasteiger partial charge is 0.480 e. The third kappa shape index (κ3) is 4.87. The summed E-state index contributed by atoms with van der Waals surface area (Å²) in [5.74, 6) is -1.62. The lowest BCUT2D eigenvalue weighted by Gasteiger charge is -2.16. The fraction of sp³-hybridized carbons (Fsp3) is 0.286. The number of carboxylic acids is 1. The Morgan fingerprint density at radius 1 is 1.32 bits per heavy atom. The van der Waals surface area contributed by atoms with Crippen LogP contribution in [0.3, 0.4) is 0 Å². The molecule has 102 valence electrons. The number of aliphatic carboxylic acids is 1. The van der Waals surface area contributed by atoms with Gasteiger partial charge < -0.3 is 10.4 Å². The van der Waals surface area contributed by atoms with Crippen molar-refractivity contribution in [2.24, 2.45) is 5.92 Å². The number of rotatable bonds is 5. The molecule has 0 radical (unpaired) electrons. The maximum absolute atomic E-state index is 11.7. The molecular formula is C14H16BrNO3. The normalized spacial score (nSPS) is 12.6. The lowest BCUT2D eigenvalue weighted by atomic mass is 10.0. The molecule has 1 amide bonds. The first-order valence-electron chi connectivity index (χ1n) is 5.87. The zero-order chi connectivity index (χ0) is 14.4. The minimum absolute atomic E-state index is 0.168. The van der Waals surface area contributed by atoms with Crippen LogP contribution in [-0.2, 0) is 9.59 Å². The zero-order valence-corrected chi connectivity index (χ0v) is 12.3. The molecule has 0 saturated heterocycles. The molecule has 0 spiro atoms. The third-order valence-corrected chi connectivity index (χ3v) is 3.27. The molecule has 5 heteroatoms. The van der Waals surface area contributed by atoms with Crippen LogP contribution in [0.4, 0.5) is 0 Å². The molecule has 1 rings (SSSR count). The highest BCUT2D eigenvalue weighted by atomic mass is 79.9. The Hall–Kier alpha value is -1.62. The molecule has 1 aromatic carbocycles. The number of hydrogen-bond donors (Lipinski definition) is 2. The van der Waals surface area contributed by atoms with Crippen LogP contribution < -0.4 is 5.32 Å². The first-order chi connectivity index (χ1) is 8.91. The van der Waals surface area contributed by atoms with Gasteiger partial charge in [0.1, 0.15) is 6.04 Å². The summed E-state index contributed by atoms with van der Waals surface area (Å²) in [6.45, 7) is 3.49. The molecule has 0 aliphatic carbocycles.